The SMILES string of the molecule is c1ccc(-c2ccc(-c3ccccc3)c(N(c3ccc4c(c3)-c3ccccc3C43c4ccccc4-c4ccccc43)c3ccc4c5ccccc5c5ccccc5c4c3)c2)cc1. The molecule has 13 rings (SSSR count). The van der Waals surface area contributed by atoms with Gasteiger partial charge in [0.2, 0.25) is 0 Å². The number of nitrogens with zero attached hydrogens (tertiary/aromatic N) is 1. The zero-order valence-electron chi connectivity index (χ0n) is 34.0. The van der Waals surface area contributed by atoms with E-state index in [1.165, 1.54) is 99.1 Å². The van der Waals surface area contributed by atoms with E-state index in [0.29, 0.717) is 0 Å². The van der Waals surface area contributed by atoms with Crippen molar-refractivity contribution in [2.45, 2.75) is 5.41 Å². The van der Waals surface area contributed by atoms with E-state index in [0.717, 1.165) is 17.1 Å². The first-order valence-electron chi connectivity index (χ1n) is 21.6. The molecular formula is C61H39N. The van der Waals surface area contributed by atoms with Gasteiger partial charge in [-0.3, -0.25) is 0 Å². The average molecular weight is 786 g/mol. The zero-order chi connectivity index (χ0) is 40.8. The molecule has 2 aliphatic rings. The first-order chi connectivity index (χ1) is 30.8. The third-order valence-corrected chi connectivity index (χ3v) is 13.7. The van der Waals surface area contributed by atoms with E-state index in [1.54, 1.807) is 0 Å². The molecule has 62 heavy (non-hydrogen) atoms. The quantitative estimate of drug-likeness (QED) is 0.157. The lowest BCUT2D eigenvalue weighted by Crippen LogP contribution is -2.25. The molecule has 1 nitrogen and oxygen atoms in total. The van der Waals surface area contributed by atoms with E-state index < -0.39 is 5.41 Å². The van der Waals surface area contributed by atoms with Gasteiger partial charge in [-0.15, -0.1) is 0 Å². The topological polar surface area (TPSA) is 3.24 Å². The molecule has 288 valence electrons. The Morgan fingerprint density at radius 3 is 1.27 bits per heavy atom. The van der Waals surface area contributed by atoms with Crippen molar-refractivity contribution in [1.82, 2.24) is 0 Å². The maximum absolute atomic E-state index is 2.52. The molecule has 1 spiro atoms. The lowest BCUT2D eigenvalue weighted by atomic mass is 9.70. The Balaban J connectivity index is 1.12. The molecule has 0 fully saturated rings. The zero-order valence-corrected chi connectivity index (χ0v) is 34.0. The Labute approximate surface area is 361 Å². The fraction of sp³-hybridized carbons (Fsp3) is 0.0164. The minimum absolute atomic E-state index is 0.409. The van der Waals surface area contributed by atoms with Gasteiger partial charge in [-0.25, -0.2) is 0 Å². The van der Waals surface area contributed by atoms with Gasteiger partial charge in [0.05, 0.1) is 11.1 Å². The summed E-state index contributed by atoms with van der Waals surface area (Å²) in [4.78, 5) is 2.52. The van der Waals surface area contributed by atoms with Crippen molar-refractivity contribution in [3.8, 4) is 44.5 Å². The number of hydrogen-bond acceptors (Lipinski definition) is 1. The summed E-state index contributed by atoms with van der Waals surface area (Å²) in [6, 6.07) is 87.9. The second kappa shape index (κ2) is 13.5. The fourth-order valence-electron chi connectivity index (χ4n) is 11.1. The van der Waals surface area contributed by atoms with Crippen molar-refractivity contribution >= 4 is 49.4 Å². The lowest BCUT2D eigenvalue weighted by molar-refractivity contribution is 0.794. The van der Waals surface area contributed by atoms with E-state index in [-0.39, 0.29) is 0 Å². The van der Waals surface area contributed by atoms with Gasteiger partial charge in [0.25, 0.3) is 0 Å². The van der Waals surface area contributed by atoms with Gasteiger partial charge >= 0.3 is 0 Å². The van der Waals surface area contributed by atoms with Crippen molar-refractivity contribution in [1.29, 1.82) is 0 Å². The number of anilines is 3. The standard InChI is InChI=1S/C61H39N/c1-3-17-40(18-4-1)42-31-34-45(41-19-5-2-6-20-41)60(37-42)62(43-32-35-50-48-23-8-7-21-46(48)47-22-9-10-24-49(47)54(50)38-43)44-33-36-59-55(39-44)53-27-13-16-30-58(53)61(59)56-28-14-11-25-51(56)52-26-12-15-29-57(52)61/h1-39H. The Kier molecular flexibility index (Phi) is 7.59. The highest BCUT2D eigenvalue weighted by Gasteiger charge is 2.51. The monoisotopic (exact) mass is 785 g/mol. The first kappa shape index (κ1) is 34.8. The van der Waals surface area contributed by atoms with Crippen LogP contribution in [0, 0.1) is 0 Å². The molecule has 0 saturated heterocycles. The largest absolute Gasteiger partial charge is 0.310 e. The smallest absolute Gasteiger partial charge is 0.0725 e. The van der Waals surface area contributed by atoms with Crippen molar-refractivity contribution in [2.24, 2.45) is 0 Å². The molecule has 11 aromatic carbocycles. The van der Waals surface area contributed by atoms with Crippen LogP contribution in [0.3, 0.4) is 0 Å². The van der Waals surface area contributed by atoms with Gasteiger partial charge in [0, 0.05) is 16.9 Å². The molecule has 11 aromatic rings. The van der Waals surface area contributed by atoms with Crippen LogP contribution < -0.4 is 4.90 Å². The van der Waals surface area contributed by atoms with Crippen molar-refractivity contribution in [3.05, 3.63) is 259 Å². The van der Waals surface area contributed by atoms with Crippen molar-refractivity contribution in [3.63, 3.8) is 0 Å². The summed E-state index contributed by atoms with van der Waals surface area (Å²) < 4.78 is 0. The molecule has 0 amide bonds. The molecular weight excluding hydrogens is 747 g/mol. The molecule has 0 heterocycles. The Morgan fingerprint density at radius 2 is 0.677 bits per heavy atom. The third-order valence-electron chi connectivity index (χ3n) is 13.7. The predicted octanol–water partition coefficient (Wildman–Crippen LogP) is 16.3. The predicted molar refractivity (Wildman–Crippen MR) is 261 cm³/mol. The van der Waals surface area contributed by atoms with E-state index in [1.807, 2.05) is 0 Å². The van der Waals surface area contributed by atoms with Gasteiger partial charge in [0.1, 0.15) is 0 Å². The Hall–Kier alpha value is -8.00. The van der Waals surface area contributed by atoms with Crippen molar-refractivity contribution in [2.75, 3.05) is 4.90 Å². The first-order valence-corrected chi connectivity index (χ1v) is 21.6. The number of hydrogen-bond donors (Lipinski definition) is 0. The second-order valence-corrected chi connectivity index (χ2v) is 16.7. The minimum Gasteiger partial charge on any atom is -0.310 e. The van der Waals surface area contributed by atoms with Gasteiger partial charge in [0.15, 0.2) is 0 Å². The van der Waals surface area contributed by atoms with E-state index in [4.69, 9.17) is 0 Å². The molecule has 0 saturated carbocycles. The summed E-state index contributed by atoms with van der Waals surface area (Å²) in [6.07, 6.45) is 0. The molecule has 0 bridgehead atoms. The molecule has 0 atom stereocenters. The van der Waals surface area contributed by atoms with Gasteiger partial charge < -0.3 is 4.90 Å². The van der Waals surface area contributed by atoms with Crippen LogP contribution in [0.5, 0.6) is 0 Å². The van der Waals surface area contributed by atoms with Crippen LogP contribution >= 0.6 is 0 Å². The normalized spacial score (nSPS) is 13.0. The highest BCUT2D eigenvalue weighted by atomic mass is 15.1. The number of fused-ring (bicyclic) bond motifs is 16. The van der Waals surface area contributed by atoms with Crippen LogP contribution in [-0.4, -0.2) is 0 Å². The van der Waals surface area contributed by atoms with E-state index in [9.17, 15) is 0 Å². The highest BCUT2D eigenvalue weighted by molar-refractivity contribution is 6.26. The fourth-order valence-corrected chi connectivity index (χ4v) is 11.1. The second-order valence-electron chi connectivity index (χ2n) is 16.7. The Bertz CT molecular complexity index is 3500. The van der Waals surface area contributed by atoms with Crippen LogP contribution in [0.1, 0.15) is 22.3 Å². The Morgan fingerprint density at radius 1 is 0.242 bits per heavy atom. The summed E-state index contributed by atoms with van der Waals surface area (Å²) in [5, 5.41) is 7.58. The summed E-state index contributed by atoms with van der Waals surface area (Å²) in [6.45, 7) is 0. The summed E-state index contributed by atoms with van der Waals surface area (Å²) in [5.74, 6) is 0. The molecule has 0 N–H and O–H groups in total. The van der Waals surface area contributed by atoms with Gasteiger partial charge in [-0.2, -0.15) is 0 Å². The third kappa shape index (κ3) is 4.91. The van der Waals surface area contributed by atoms with Crippen LogP contribution in [0.4, 0.5) is 17.1 Å². The van der Waals surface area contributed by atoms with Crippen LogP contribution in [-0.2, 0) is 5.41 Å². The lowest BCUT2D eigenvalue weighted by Gasteiger charge is -2.32. The molecule has 0 unspecified atom stereocenters. The van der Waals surface area contributed by atoms with E-state index >= 15 is 0 Å². The van der Waals surface area contributed by atoms with Crippen LogP contribution in [0.2, 0.25) is 0 Å². The van der Waals surface area contributed by atoms with Gasteiger partial charge in [-0.05, 0) is 124 Å². The maximum Gasteiger partial charge on any atom is 0.0725 e. The molecule has 2 aliphatic carbocycles. The minimum atomic E-state index is -0.409. The maximum atomic E-state index is 2.52. The number of rotatable bonds is 5. The molecule has 0 radical (unpaired) electrons. The highest BCUT2D eigenvalue weighted by Crippen LogP contribution is 2.63. The van der Waals surface area contributed by atoms with Crippen LogP contribution in [0.25, 0.3) is 76.8 Å². The van der Waals surface area contributed by atoms with Crippen LogP contribution in [0.15, 0.2) is 237 Å². The van der Waals surface area contributed by atoms with Gasteiger partial charge in [-0.1, -0.05) is 206 Å². The number of benzene rings is 11. The van der Waals surface area contributed by atoms with Crippen molar-refractivity contribution < 1.29 is 0 Å². The summed E-state index contributed by atoms with van der Waals surface area (Å²) >= 11 is 0. The molecule has 1 heteroatoms. The summed E-state index contributed by atoms with van der Waals surface area (Å²) in [7, 11) is 0. The van der Waals surface area contributed by atoms with E-state index in [2.05, 4.69) is 241 Å². The summed E-state index contributed by atoms with van der Waals surface area (Å²) in [5.41, 5.74) is 18.2. The molecule has 0 aliphatic heterocycles. The average Bonchev–Trinajstić information content (AvgIpc) is 3.82. The molecule has 0 aromatic heterocycles.